The smallest absolute Gasteiger partial charge is 0.227 e. The fourth-order valence-electron chi connectivity index (χ4n) is 3.95. The van der Waals surface area contributed by atoms with Gasteiger partial charge in [-0.15, -0.1) is 0 Å². The van der Waals surface area contributed by atoms with Crippen LogP contribution in [0.25, 0.3) is 0 Å². The molecular formula is C27H34N2O. The number of para-hydroxylation sites is 1. The minimum Gasteiger partial charge on any atom is -0.330 e. The molecule has 0 radical (unpaired) electrons. The number of carbonyl (C=O) groups is 1. The van der Waals surface area contributed by atoms with Crippen molar-refractivity contribution in [2.45, 2.75) is 59.9 Å². The van der Waals surface area contributed by atoms with Crippen LogP contribution in [0.1, 0.15) is 70.1 Å². The second kappa shape index (κ2) is 9.06. The van der Waals surface area contributed by atoms with Crippen molar-refractivity contribution < 1.29 is 4.79 Å². The Labute approximate surface area is 181 Å². The summed E-state index contributed by atoms with van der Waals surface area (Å²) in [6.07, 6.45) is 3.68. The highest BCUT2D eigenvalue weighted by Crippen LogP contribution is 2.34. The van der Waals surface area contributed by atoms with E-state index in [1.54, 1.807) is 0 Å². The van der Waals surface area contributed by atoms with Gasteiger partial charge in [0.1, 0.15) is 0 Å². The maximum Gasteiger partial charge on any atom is 0.227 e. The Bertz CT molecular complexity index is 962. The lowest BCUT2D eigenvalue weighted by Crippen LogP contribution is -2.35. The average Bonchev–Trinajstić information content (AvgIpc) is 2.69. The zero-order valence-corrected chi connectivity index (χ0v) is 18.8. The van der Waals surface area contributed by atoms with Gasteiger partial charge in [-0.05, 0) is 54.0 Å². The molecule has 2 N–H and O–H groups in total. The predicted octanol–water partition coefficient (Wildman–Crippen LogP) is 5.50. The minimum absolute atomic E-state index is 0.0652. The van der Waals surface area contributed by atoms with Crippen LogP contribution in [0, 0.1) is 22.7 Å². The fourth-order valence-corrected chi connectivity index (χ4v) is 3.95. The molecule has 1 aliphatic heterocycles. The number of fused-ring (bicyclic) bond motifs is 2. The number of nitrogens with two attached hydrogens (primary N) is 1. The van der Waals surface area contributed by atoms with Gasteiger partial charge < -0.3 is 10.6 Å². The van der Waals surface area contributed by atoms with Crippen molar-refractivity contribution in [3.8, 4) is 11.8 Å². The molecule has 3 rings (SSSR count). The molecule has 0 aromatic heterocycles. The molecular weight excluding hydrogens is 368 g/mol. The zero-order chi connectivity index (χ0) is 21.8. The van der Waals surface area contributed by atoms with Gasteiger partial charge in [-0.3, -0.25) is 4.79 Å². The van der Waals surface area contributed by atoms with Gasteiger partial charge in [0.25, 0.3) is 0 Å². The van der Waals surface area contributed by atoms with Crippen molar-refractivity contribution in [3.63, 3.8) is 0 Å². The molecule has 30 heavy (non-hydrogen) atoms. The summed E-state index contributed by atoms with van der Waals surface area (Å²) >= 11 is 0. The number of benzene rings is 2. The first kappa shape index (κ1) is 22.1. The molecule has 0 fully saturated rings. The van der Waals surface area contributed by atoms with E-state index in [9.17, 15) is 4.79 Å². The van der Waals surface area contributed by atoms with Crippen LogP contribution in [0.4, 0.5) is 5.69 Å². The zero-order valence-electron chi connectivity index (χ0n) is 18.8. The Morgan fingerprint density at radius 3 is 2.27 bits per heavy atom. The van der Waals surface area contributed by atoms with Crippen LogP contribution < -0.4 is 10.6 Å². The van der Waals surface area contributed by atoms with Gasteiger partial charge in [0, 0.05) is 17.5 Å². The van der Waals surface area contributed by atoms with Crippen LogP contribution in [0.15, 0.2) is 48.5 Å². The number of hydrogen-bond donors (Lipinski definition) is 1. The van der Waals surface area contributed by atoms with Crippen LogP contribution in [0.5, 0.6) is 0 Å². The normalized spacial score (nSPS) is 13.4. The van der Waals surface area contributed by atoms with Gasteiger partial charge in [-0.2, -0.15) is 0 Å². The molecule has 1 heterocycles. The van der Waals surface area contributed by atoms with E-state index in [0.29, 0.717) is 19.5 Å². The number of rotatable bonds is 7. The molecule has 0 bridgehead atoms. The quantitative estimate of drug-likeness (QED) is 0.621. The second-order valence-corrected chi connectivity index (χ2v) is 9.97. The van der Waals surface area contributed by atoms with Crippen LogP contribution in [-0.4, -0.2) is 12.5 Å². The first-order valence-electron chi connectivity index (χ1n) is 10.9. The van der Waals surface area contributed by atoms with Gasteiger partial charge >= 0.3 is 0 Å². The highest BCUT2D eigenvalue weighted by Gasteiger charge is 2.28. The second-order valence-electron chi connectivity index (χ2n) is 9.97. The highest BCUT2D eigenvalue weighted by atomic mass is 16.2. The number of anilines is 1. The largest absolute Gasteiger partial charge is 0.330 e. The minimum atomic E-state index is -0.0652. The topological polar surface area (TPSA) is 46.3 Å². The number of carbonyl (C=O) groups excluding carboxylic acids is 1. The Morgan fingerprint density at radius 2 is 1.53 bits per heavy atom. The number of amides is 1. The third kappa shape index (κ3) is 5.52. The molecule has 1 aliphatic rings. The summed E-state index contributed by atoms with van der Waals surface area (Å²) in [5.74, 6) is 6.71. The molecule has 0 aliphatic carbocycles. The molecule has 0 saturated carbocycles. The van der Waals surface area contributed by atoms with E-state index in [1.807, 2.05) is 47.4 Å². The van der Waals surface area contributed by atoms with E-state index in [2.05, 4.69) is 45.6 Å². The third-order valence-electron chi connectivity index (χ3n) is 6.06. The fraction of sp³-hybridized carbons (Fsp3) is 0.444. The molecule has 0 spiro atoms. The summed E-state index contributed by atoms with van der Waals surface area (Å²) < 4.78 is 0. The number of hydrogen-bond acceptors (Lipinski definition) is 2. The van der Waals surface area contributed by atoms with Gasteiger partial charge in [0.2, 0.25) is 5.91 Å². The molecule has 2 aromatic carbocycles. The molecule has 3 nitrogen and oxygen atoms in total. The molecule has 1 amide bonds. The van der Waals surface area contributed by atoms with Gasteiger partial charge in [0.15, 0.2) is 0 Å². The molecule has 0 unspecified atom stereocenters. The summed E-state index contributed by atoms with van der Waals surface area (Å²) in [7, 11) is 0. The van der Waals surface area contributed by atoms with Gasteiger partial charge in [-0.25, -0.2) is 0 Å². The van der Waals surface area contributed by atoms with Crippen molar-refractivity contribution in [1.29, 1.82) is 0 Å². The summed E-state index contributed by atoms with van der Waals surface area (Å²) in [6, 6.07) is 16.1. The summed E-state index contributed by atoms with van der Waals surface area (Å²) in [5.41, 5.74) is 9.87. The maximum absolute atomic E-state index is 13.5. The van der Waals surface area contributed by atoms with Crippen LogP contribution in [0.3, 0.4) is 0 Å². The lowest BCUT2D eigenvalue weighted by Gasteiger charge is -2.31. The van der Waals surface area contributed by atoms with Crippen LogP contribution in [-0.2, 0) is 11.3 Å². The summed E-state index contributed by atoms with van der Waals surface area (Å²) in [4.78, 5) is 15.4. The van der Waals surface area contributed by atoms with Crippen molar-refractivity contribution in [1.82, 2.24) is 0 Å². The Morgan fingerprint density at radius 1 is 0.933 bits per heavy atom. The van der Waals surface area contributed by atoms with E-state index in [1.165, 1.54) is 0 Å². The van der Waals surface area contributed by atoms with Gasteiger partial charge in [0.05, 0.1) is 12.2 Å². The third-order valence-corrected chi connectivity index (χ3v) is 6.06. The first-order valence-corrected chi connectivity index (χ1v) is 10.9. The predicted molar refractivity (Wildman–Crippen MR) is 125 cm³/mol. The molecule has 0 atom stereocenters. The van der Waals surface area contributed by atoms with Crippen molar-refractivity contribution in [2.75, 3.05) is 11.4 Å². The molecule has 2 aromatic rings. The standard InChI is InChI=1S/C27H34N2O/c1-26(2,16-9-17-27(3,4)20-28)18-25(30)29-19-23-12-6-5-10-21(23)14-15-22-11-7-8-13-24(22)29/h5-8,10-13H,9,16-20,28H2,1-4H3. The summed E-state index contributed by atoms with van der Waals surface area (Å²) in [6.45, 7) is 10.1. The maximum atomic E-state index is 13.5. The van der Waals surface area contributed by atoms with E-state index < -0.39 is 0 Å². The SMILES string of the molecule is CC(C)(CN)CCCC(C)(C)CC(=O)N1Cc2ccccc2C#Cc2ccccc21. The molecule has 0 saturated heterocycles. The van der Waals surface area contributed by atoms with E-state index in [4.69, 9.17) is 5.73 Å². The van der Waals surface area contributed by atoms with Crippen molar-refractivity contribution in [3.05, 3.63) is 65.2 Å². The lowest BCUT2D eigenvalue weighted by atomic mass is 9.79. The van der Waals surface area contributed by atoms with Crippen molar-refractivity contribution in [2.24, 2.45) is 16.6 Å². The molecule has 158 valence electrons. The van der Waals surface area contributed by atoms with E-state index in [-0.39, 0.29) is 16.7 Å². The Hall–Kier alpha value is -2.57. The average molecular weight is 403 g/mol. The van der Waals surface area contributed by atoms with Crippen molar-refractivity contribution >= 4 is 11.6 Å². The first-order chi connectivity index (χ1) is 14.2. The monoisotopic (exact) mass is 402 g/mol. The Balaban J connectivity index is 1.80. The van der Waals surface area contributed by atoms with Crippen LogP contribution in [0.2, 0.25) is 0 Å². The van der Waals surface area contributed by atoms with E-state index >= 15 is 0 Å². The van der Waals surface area contributed by atoms with E-state index in [0.717, 1.165) is 41.6 Å². The van der Waals surface area contributed by atoms with Gasteiger partial charge in [-0.1, -0.05) is 76.3 Å². The highest BCUT2D eigenvalue weighted by molar-refractivity contribution is 5.95. The lowest BCUT2D eigenvalue weighted by molar-refractivity contribution is -0.120. The Kier molecular flexibility index (Phi) is 6.68. The number of nitrogens with zero attached hydrogens (tertiary/aromatic N) is 1. The summed E-state index contributed by atoms with van der Waals surface area (Å²) in [5, 5.41) is 0. The molecule has 3 heteroatoms. The van der Waals surface area contributed by atoms with Crippen LogP contribution >= 0.6 is 0 Å².